The smallest absolute Gasteiger partial charge is 0.255 e. The average molecular weight is 307 g/mol. The molecule has 0 saturated heterocycles. The highest BCUT2D eigenvalue weighted by Gasteiger charge is 2.13. The second kappa shape index (κ2) is 5.20. The predicted octanol–water partition coefficient (Wildman–Crippen LogP) is 2.11. The first-order valence-corrected chi connectivity index (χ1v) is 7.14. The molecule has 4 rings (SSSR count). The van der Waals surface area contributed by atoms with Gasteiger partial charge in [0, 0.05) is 18.6 Å². The third-order valence-corrected chi connectivity index (χ3v) is 3.46. The predicted molar refractivity (Wildman–Crippen MR) is 82.9 cm³/mol. The van der Waals surface area contributed by atoms with E-state index in [-0.39, 0.29) is 12.5 Å². The Morgan fingerprint density at radius 3 is 3.09 bits per heavy atom. The van der Waals surface area contributed by atoms with Crippen molar-refractivity contribution in [2.45, 2.75) is 13.5 Å². The lowest BCUT2D eigenvalue weighted by molar-refractivity contribution is 0.0948. The maximum Gasteiger partial charge on any atom is 0.255 e. The van der Waals surface area contributed by atoms with Crippen LogP contribution in [0.25, 0.3) is 16.9 Å². The zero-order chi connectivity index (χ0) is 15.8. The lowest BCUT2D eigenvalue weighted by atomic mass is 10.2. The number of amides is 1. The van der Waals surface area contributed by atoms with Crippen molar-refractivity contribution in [2.24, 2.45) is 0 Å². The fourth-order valence-electron chi connectivity index (χ4n) is 2.45. The minimum atomic E-state index is -0.226. The van der Waals surface area contributed by atoms with Crippen LogP contribution in [0.1, 0.15) is 21.9 Å². The Labute approximate surface area is 131 Å². The molecule has 7 heteroatoms. The van der Waals surface area contributed by atoms with Gasteiger partial charge in [-0.05, 0) is 31.2 Å². The summed E-state index contributed by atoms with van der Waals surface area (Å²) in [6.45, 7) is 2.08. The molecule has 1 amide bonds. The summed E-state index contributed by atoms with van der Waals surface area (Å²) in [5.41, 5.74) is 3.12. The van der Waals surface area contributed by atoms with E-state index in [1.54, 1.807) is 24.4 Å². The van der Waals surface area contributed by atoms with Gasteiger partial charge in [-0.1, -0.05) is 0 Å². The summed E-state index contributed by atoms with van der Waals surface area (Å²) >= 11 is 0. The normalized spacial score (nSPS) is 11.2. The zero-order valence-electron chi connectivity index (χ0n) is 12.4. The monoisotopic (exact) mass is 307 g/mol. The van der Waals surface area contributed by atoms with Gasteiger partial charge in [0.1, 0.15) is 5.65 Å². The van der Waals surface area contributed by atoms with Gasteiger partial charge in [0.05, 0.1) is 17.8 Å². The number of fused-ring (bicyclic) bond motifs is 2. The molecule has 0 aliphatic rings. The van der Waals surface area contributed by atoms with Crippen LogP contribution in [-0.4, -0.2) is 25.3 Å². The molecule has 0 aromatic carbocycles. The highest BCUT2D eigenvalue weighted by atomic mass is 16.3. The fraction of sp³-hybridized carbons (Fsp3) is 0.125. The van der Waals surface area contributed by atoms with Crippen molar-refractivity contribution in [1.29, 1.82) is 0 Å². The van der Waals surface area contributed by atoms with Crippen LogP contribution < -0.4 is 5.32 Å². The van der Waals surface area contributed by atoms with Crippen molar-refractivity contribution in [3.05, 3.63) is 60.0 Å². The van der Waals surface area contributed by atoms with E-state index in [9.17, 15) is 4.79 Å². The lowest BCUT2D eigenvalue weighted by Crippen LogP contribution is -2.23. The fourth-order valence-corrected chi connectivity index (χ4v) is 2.45. The molecular weight excluding hydrogens is 294 g/mol. The van der Waals surface area contributed by atoms with E-state index in [2.05, 4.69) is 20.3 Å². The first-order valence-electron chi connectivity index (χ1n) is 7.14. The molecule has 0 bridgehead atoms. The Bertz CT molecular complexity index is 985. The number of rotatable bonds is 3. The Morgan fingerprint density at radius 1 is 1.30 bits per heavy atom. The Balaban J connectivity index is 1.57. The van der Waals surface area contributed by atoms with Gasteiger partial charge in [-0.15, -0.1) is 0 Å². The summed E-state index contributed by atoms with van der Waals surface area (Å²) in [5, 5.41) is 2.80. The maximum absolute atomic E-state index is 12.4. The standard InChI is InChI=1S/C16H13N5O2/c1-10-9-21-7-3-4-11(15(21)19-10)16(22)18-8-13-20-14-12(23-13)5-2-6-17-14/h2-7,9H,8H2,1H3,(H,18,22). The van der Waals surface area contributed by atoms with E-state index in [4.69, 9.17) is 4.42 Å². The summed E-state index contributed by atoms with van der Waals surface area (Å²) in [5.74, 6) is 0.190. The largest absolute Gasteiger partial charge is 0.437 e. The van der Waals surface area contributed by atoms with Crippen molar-refractivity contribution in [1.82, 2.24) is 24.7 Å². The van der Waals surface area contributed by atoms with Gasteiger partial charge in [0.2, 0.25) is 5.89 Å². The molecule has 0 radical (unpaired) electrons. The van der Waals surface area contributed by atoms with Crippen LogP contribution in [0, 0.1) is 6.92 Å². The zero-order valence-corrected chi connectivity index (χ0v) is 12.4. The SMILES string of the molecule is Cc1cn2cccc(C(=O)NCc3nc4ncccc4o3)c2n1. The van der Waals surface area contributed by atoms with E-state index in [0.717, 1.165) is 5.69 Å². The molecule has 0 unspecified atom stereocenters. The minimum Gasteiger partial charge on any atom is -0.437 e. The maximum atomic E-state index is 12.4. The van der Waals surface area contributed by atoms with Crippen LogP contribution in [0.5, 0.6) is 0 Å². The minimum absolute atomic E-state index is 0.190. The third kappa shape index (κ3) is 2.42. The van der Waals surface area contributed by atoms with E-state index >= 15 is 0 Å². The van der Waals surface area contributed by atoms with Crippen molar-refractivity contribution in [2.75, 3.05) is 0 Å². The number of carbonyl (C=O) groups is 1. The molecule has 0 fully saturated rings. The number of nitrogens with zero attached hydrogens (tertiary/aromatic N) is 4. The van der Waals surface area contributed by atoms with E-state index in [0.29, 0.717) is 28.3 Å². The van der Waals surface area contributed by atoms with Crippen molar-refractivity contribution < 1.29 is 9.21 Å². The summed E-state index contributed by atoms with van der Waals surface area (Å²) in [7, 11) is 0. The number of imidazole rings is 1. The van der Waals surface area contributed by atoms with Crippen molar-refractivity contribution in [3.63, 3.8) is 0 Å². The highest BCUT2D eigenvalue weighted by molar-refractivity contribution is 5.99. The summed E-state index contributed by atoms with van der Waals surface area (Å²) in [4.78, 5) is 25.1. The van der Waals surface area contributed by atoms with Gasteiger partial charge in [-0.25, -0.2) is 9.97 Å². The Hall–Kier alpha value is -3.22. The molecule has 23 heavy (non-hydrogen) atoms. The Kier molecular flexibility index (Phi) is 3.04. The second-order valence-electron chi connectivity index (χ2n) is 5.15. The molecule has 0 aliphatic carbocycles. The number of aromatic nitrogens is 4. The van der Waals surface area contributed by atoms with Crippen LogP contribution >= 0.6 is 0 Å². The van der Waals surface area contributed by atoms with Crippen LogP contribution in [0.3, 0.4) is 0 Å². The van der Waals surface area contributed by atoms with Crippen molar-refractivity contribution in [3.8, 4) is 0 Å². The number of hydrogen-bond donors (Lipinski definition) is 1. The summed E-state index contributed by atoms with van der Waals surface area (Å²) in [6, 6.07) is 7.11. The number of hydrogen-bond acceptors (Lipinski definition) is 5. The molecule has 1 N–H and O–H groups in total. The number of aryl methyl sites for hydroxylation is 1. The third-order valence-electron chi connectivity index (χ3n) is 3.46. The first kappa shape index (κ1) is 13.4. The van der Waals surface area contributed by atoms with Gasteiger partial charge in [-0.3, -0.25) is 4.79 Å². The number of oxazole rings is 1. The van der Waals surface area contributed by atoms with Crippen molar-refractivity contribution >= 4 is 22.8 Å². The second-order valence-corrected chi connectivity index (χ2v) is 5.15. The van der Waals surface area contributed by atoms with Crippen LogP contribution in [0.4, 0.5) is 0 Å². The molecule has 4 aromatic rings. The lowest BCUT2D eigenvalue weighted by Gasteiger charge is -2.04. The molecular formula is C16H13N5O2. The van der Waals surface area contributed by atoms with E-state index < -0.39 is 0 Å². The van der Waals surface area contributed by atoms with E-state index in [1.807, 2.05) is 29.8 Å². The summed E-state index contributed by atoms with van der Waals surface area (Å²) < 4.78 is 7.36. The van der Waals surface area contributed by atoms with Crippen LogP contribution in [-0.2, 0) is 6.54 Å². The highest BCUT2D eigenvalue weighted by Crippen LogP contribution is 2.13. The molecule has 0 atom stereocenters. The Morgan fingerprint density at radius 2 is 2.22 bits per heavy atom. The molecule has 0 aliphatic heterocycles. The van der Waals surface area contributed by atoms with Crippen LogP contribution in [0.15, 0.2) is 47.3 Å². The van der Waals surface area contributed by atoms with Gasteiger partial charge < -0.3 is 14.1 Å². The molecule has 4 aromatic heterocycles. The molecule has 4 heterocycles. The molecule has 114 valence electrons. The summed E-state index contributed by atoms with van der Waals surface area (Å²) in [6.07, 6.45) is 5.38. The number of pyridine rings is 2. The number of nitrogens with one attached hydrogen (secondary N) is 1. The van der Waals surface area contributed by atoms with Gasteiger partial charge in [-0.2, -0.15) is 4.98 Å². The molecule has 0 spiro atoms. The average Bonchev–Trinajstić information content (AvgIpc) is 3.13. The first-order chi connectivity index (χ1) is 11.2. The molecule has 7 nitrogen and oxygen atoms in total. The van der Waals surface area contributed by atoms with Gasteiger partial charge in [0.15, 0.2) is 11.2 Å². The topological polar surface area (TPSA) is 85.3 Å². The number of carbonyl (C=O) groups excluding carboxylic acids is 1. The van der Waals surface area contributed by atoms with Crippen LogP contribution in [0.2, 0.25) is 0 Å². The molecule has 0 saturated carbocycles. The van der Waals surface area contributed by atoms with Gasteiger partial charge >= 0.3 is 0 Å². The van der Waals surface area contributed by atoms with E-state index in [1.165, 1.54) is 0 Å². The quantitative estimate of drug-likeness (QED) is 0.626. The van der Waals surface area contributed by atoms with Gasteiger partial charge in [0.25, 0.3) is 5.91 Å².